The molecule has 1 saturated heterocycles. The van der Waals surface area contributed by atoms with E-state index in [0.29, 0.717) is 6.54 Å². The number of hydrogen-bond acceptors (Lipinski definition) is 4. The number of aliphatic hydroxyl groups excluding tert-OH is 1. The highest BCUT2D eigenvalue weighted by Crippen LogP contribution is 2.24. The molecule has 0 radical (unpaired) electrons. The molecule has 0 aliphatic carbocycles. The van der Waals surface area contributed by atoms with E-state index in [4.69, 9.17) is 4.42 Å². The number of piperidine rings is 1. The molecule has 2 atom stereocenters. The first-order chi connectivity index (χ1) is 12.0. The molecule has 2 aromatic rings. The van der Waals surface area contributed by atoms with Crippen LogP contribution >= 0.6 is 0 Å². The average molecular weight is 344 g/mol. The van der Waals surface area contributed by atoms with Crippen LogP contribution in [0.3, 0.4) is 0 Å². The number of aliphatic hydroxyl groups is 1. The SMILES string of the molecule is Cc1cc(C(=O)C(C)N2CCCCC2CO)c(C)n1Cc1ccco1. The minimum absolute atomic E-state index is 0.0966. The van der Waals surface area contributed by atoms with Crippen LogP contribution < -0.4 is 0 Å². The van der Waals surface area contributed by atoms with Crippen LogP contribution in [-0.4, -0.2) is 45.6 Å². The number of furan rings is 1. The van der Waals surface area contributed by atoms with E-state index >= 15 is 0 Å². The molecule has 1 aliphatic heterocycles. The molecule has 0 bridgehead atoms. The van der Waals surface area contributed by atoms with E-state index in [0.717, 1.165) is 48.5 Å². The van der Waals surface area contributed by atoms with Crippen molar-refractivity contribution in [2.45, 2.75) is 58.7 Å². The lowest BCUT2D eigenvalue weighted by molar-refractivity contribution is 0.0490. The van der Waals surface area contributed by atoms with E-state index in [-0.39, 0.29) is 24.5 Å². The van der Waals surface area contributed by atoms with Crippen LogP contribution in [0.2, 0.25) is 0 Å². The standard InChI is InChI=1S/C20H28N2O3/c1-14-11-19(15(2)22(14)12-18-8-6-10-25-18)20(24)16(3)21-9-5-4-7-17(21)13-23/h6,8,10-11,16-17,23H,4-5,7,9,12-13H2,1-3H3. The van der Waals surface area contributed by atoms with Crippen LogP contribution in [0.1, 0.15) is 53.7 Å². The van der Waals surface area contributed by atoms with Crippen LogP contribution in [-0.2, 0) is 6.54 Å². The van der Waals surface area contributed by atoms with E-state index in [9.17, 15) is 9.90 Å². The fourth-order valence-electron chi connectivity index (χ4n) is 3.96. The number of carbonyl (C=O) groups excluding carboxylic acids is 1. The molecule has 5 heteroatoms. The van der Waals surface area contributed by atoms with Gasteiger partial charge in [0, 0.05) is 23.0 Å². The number of nitrogens with zero attached hydrogens (tertiary/aromatic N) is 2. The van der Waals surface area contributed by atoms with Gasteiger partial charge in [0.1, 0.15) is 5.76 Å². The summed E-state index contributed by atoms with van der Waals surface area (Å²) in [6, 6.07) is 5.69. The van der Waals surface area contributed by atoms with E-state index < -0.39 is 0 Å². The summed E-state index contributed by atoms with van der Waals surface area (Å²) in [4.78, 5) is 15.3. The predicted octanol–water partition coefficient (Wildman–Crippen LogP) is 3.16. The van der Waals surface area contributed by atoms with Gasteiger partial charge >= 0.3 is 0 Å². The summed E-state index contributed by atoms with van der Waals surface area (Å²) in [5.74, 6) is 1.02. The van der Waals surface area contributed by atoms with Crippen LogP contribution in [0.25, 0.3) is 0 Å². The van der Waals surface area contributed by atoms with Crippen LogP contribution in [0, 0.1) is 13.8 Å². The third-order valence-electron chi connectivity index (χ3n) is 5.49. The zero-order valence-electron chi connectivity index (χ0n) is 15.4. The normalized spacial score (nSPS) is 19.9. The molecule has 5 nitrogen and oxygen atoms in total. The molecule has 1 N–H and O–H groups in total. The Hall–Kier alpha value is -1.85. The first-order valence-corrected chi connectivity index (χ1v) is 9.13. The Labute approximate surface area is 149 Å². The Morgan fingerprint density at radius 2 is 2.20 bits per heavy atom. The van der Waals surface area contributed by atoms with Gasteiger partial charge in [-0.3, -0.25) is 9.69 Å². The molecule has 0 aromatic carbocycles. The molecular formula is C20H28N2O3. The fraction of sp³-hybridized carbons (Fsp3) is 0.550. The summed E-state index contributed by atoms with van der Waals surface area (Å²) in [5, 5.41) is 9.64. The molecule has 136 valence electrons. The summed E-state index contributed by atoms with van der Waals surface area (Å²) in [5.41, 5.74) is 2.81. The van der Waals surface area contributed by atoms with E-state index in [1.165, 1.54) is 0 Å². The number of hydrogen-bond donors (Lipinski definition) is 1. The van der Waals surface area contributed by atoms with Crippen molar-refractivity contribution in [3.63, 3.8) is 0 Å². The summed E-state index contributed by atoms with van der Waals surface area (Å²) in [6.45, 7) is 7.62. The van der Waals surface area contributed by atoms with Crippen molar-refractivity contribution < 1.29 is 14.3 Å². The van der Waals surface area contributed by atoms with Crippen LogP contribution in [0.4, 0.5) is 0 Å². The Kier molecular flexibility index (Phi) is 5.45. The monoisotopic (exact) mass is 344 g/mol. The topological polar surface area (TPSA) is 58.6 Å². The molecule has 25 heavy (non-hydrogen) atoms. The van der Waals surface area contributed by atoms with E-state index in [1.54, 1.807) is 6.26 Å². The first kappa shape index (κ1) is 18.0. The molecule has 0 spiro atoms. The average Bonchev–Trinajstić information content (AvgIpc) is 3.24. The first-order valence-electron chi connectivity index (χ1n) is 9.13. The molecule has 2 unspecified atom stereocenters. The highest BCUT2D eigenvalue weighted by Gasteiger charge is 2.31. The Morgan fingerprint density at radius 3 is 2.88 bits per heavy atom. The van der Waals surface area contributed by atoms with Crippen molar-refractivity contribution in [3.05, 3.63) is 47.2 Å². The molecule has 3 heterocycles. The number of ketones is 1. The number of carbonyl (C=O) groups is 1. The van der Waals surface area contributed by atoms with Gasteiger partial charge < -0.3 is 14.1 Å². The van der Waals surface area contributed by atoms with Gasteiger partial charge in [0.15, 0.2) is 5.78 Å². The van der Waals surface area contributed by atoms with Crippen molar-refractivity contribution >= 4 is 5.78 Å². The molecule has 0 amide bonds. The fourth-order valence-corrected chi connectivity index (χ4v) is 3.96. The number of Topliss-reactive ketones (excluding diaryl/α,β-unsaturated/α-hetero) is 1. The zero-order chi connectivity index (χ0) is 18.0. The quantitative estimate of drug-likeness (QED) is 0.818. The highest BCUT2D eigenvalue weighted by atomic mass is 16.3. The molecule has 2 aromatic heterocycles. The highest BCUT2D eigenvalue weighted by molar-refractivity contribution is 6.01. The second-order valence-corrected chi connectivity index (χ2v) is 7.06. The summed E-state index contributed by atoms with van der Waals surface area (Å²) in [7, 11) is 0. The Balaban J connectivity index is 1.82. The second kappa shape index (κ2) is 7.58. The molecule has 0 saturated carbocycles. The molecule has 3 rings (SSSR count). The minimum atomic E-state index is -0.213. The smallest absolute Gasteiger partial charge is 0.181 e. The third kappa shape index (κ3) is 3.58. The van der Waals surface area contributed by atoms with E-state index in [1.807, 2.05) is 39.0 Å². The van der Waals surface area contributed by atoms with Gasteiger partial charge in [-0.05, 0) is 58.4 Å². The molecule has 1 fully saturated rings. The van der Waals surface area contributed by atoms with E-state index in [2.05, 4.69) is 9.47 Å². The van der Waals surface area contributed by atoms with Gasteiger partial charge in [0.05, 0.1) is 25.5 Å². The predicted molar refractivity (Wildman–Crippen MR) is 96.9 cm³/mol. The van der Waals surface area contributed by atoms with Gasteiger partial charge in [-0.2, -0.15) is 0 Å². The minimum Gasteiger partial charge on any atom is -0.467 e. The summed E-state index contributed by atoms with van der Waals surface area (Å²) in [6.07, 6.45) is 4.85. The Morgan fingerprint density at radius 1 is 1.40 bits per heavy atom. The number of aromatic nitrogens is 1. The van der Waals surface area contributed by atoms with Gasteiger partial charge in [-0.15, -0.1) is 0 Å². The maximum absolute atomic E-state index is 13.1. The molecular weight excluding hydrogens is 316 g/mol. The van der Waals surface area contributed by atoms with Crippen molar-refractivity contribution in [1.82, 2.24) is 9.47 Å². The zero-order valence-corrected chi connectivity index (χ0v) is 15.4. The van der Waals surface area contributed by atoms with Crippen molar-refractivity contribution in [1.29, 1.82) is 0 Å². The lowest BCUT2D eigenvalue weighted by Crippen LogP contribution is -2.50. The maximum atomic E-state index is 13.1. The third-order valence-corrected chi connectivity index (χ3v) is 5.49. The van der Waals surface area contributed by atoms with Crippen molar-refractivity contribution in [2.24, 2.45) is 0 Å². The molecule has 1 aliphatic rings. The number of aryl methyl sites for hydroxylation is 1. The largest absolute Gasteiger partial charge is 0.467 e. The Bertz CT molecular complexity index is 718. The van der Waals surface area contributed by atoms with Crippen LogP contribution in [0.5, 0.6) is 0 Å². The maximum Gasteiger partial charge on any atom is 0.181 e. The van der Waals surface area contributed by atoms with Gasteiger partial charge in [-0.25, -0.2) is 0 Å². The van der Waals surface area contributed by atoms with Gasteiger partial charge in [0.2, 0.25) is 0 Å². The van der Waals surface area contributed by atoms with Crippen molar-refractivity contribution in [2.75, 3.05) is 13.2 Å². The summed E-state index contributed by atoms with van der Waals surface area (Å²) < 4.78 is 7.57. The van der Waals surface area contributed by atoms with Crippen LogP contribution in [0.15, 0.2) is 28.9 Å². The van der Waals surface area contributed by atoms with Gasteiger partial charge in [0.25, 0.3) is 0 Å². The van der Waals surface area contributed by atoms with Crippen molar-refractivity contribution in [3.8, 4) is 0 Å². The van der Waals surface area contributed by atoms with Gasteiger partial charge in [-0.1, -0.05) is 6.42 Å². The second-order valence-electron chi connectivity index (χ2n) is 7.06. The number of rotatable bonds is 6. The summed E-state index contributed by atoms with van der Waals surface area (Å²) >= 11 is 0. The number of likely N-dealkylation sites (tertiary alicyclic amines) is 1. The lowest BCUT2D eigenvalue weighted by Gasteiger charge is -2.38. The lowest BCUT2D eigenvalue weighted by atomic mass is 9.97.